The molecule has 9 nitrogen and oxygen atoms in total. The molecule has 9 rings (SSSR count). The molecule has 0 amide bonds. The molecule has 9 N–H and O–H groups in total. The summed E-state index contributed by atoms with van der Waals surface area (Å²) in [4.78, 5) is 0. The summed E-state index contributed by atoms with van der Waals surface area (Å²) >= 11 is 0. The van der Waals surface area contributed by atoms with E-state index in [1.807, 2.05) is 69.2 Å². The summed E-state index contributed by atoms with van der Waals surface area (Å²) < 4.78 is 127. The van der Waals surface area contributed by atoms with Gasteiger partial charge in [0.25, 0.3) is 17.8 Å². The number of alkyl halides is 10. The molecule has 0 saturated heterocycles. The van der Waals surface area contributed by atoms with Crippen molar-refractivity contribution >= 4 is 0 Å². The average molecular weight is 1360 g/mol. The highest BCUT2D eigenvalue weighted by molar-refractivity contribution is 4.96. The van der Waals surface area contributed by atoms with Crippen molar-refractivity contribution in [3.8, 4) is 0 Å². The van der Waals surface area contributed by atoms with Crippen LogP contribution >= 0.6 is 0 Å². The molecule has 9 aliphatic carbocycles. The molecule has 93 heavy (non-hydrogen) atoms. The Morgan fingerprint density at radius 3 is 0.645 bits per heavy atom. The molecule has 0 heterocycles. The predicted molar refractivity (Wildman–Crippen MR) is 377 cm³/mol. The molecule has 0 aromatic carbocycles. The van der Waals surface area contributed by atoms with E-state index >= 15 is 0 Å². The van der Waals surface area contributed by atoms with Gasteiger partial charge >= 0.3 is 0 Å². The van der Waals surface area contributed by atoms with E-state index in [2.05, 4.69) is 131 Å². The third kappa shape index (κ3) is 43.3. The fourth-order valence-electron chi connectivity index (χ4n) is 12.8. The van der Waals surface area contributed by atoms with E-state index in [1.54, 1.807) is 0 Å². The van der Waals surface area contributed by atoms with Crippen molar-refractivity contribution in [1.82, 2.24) is 47.9 Å². The van der Waals surface area contributed by atoms with Crippen LogP contribution in [-0.4, -0.2) is 138 Å². The van der Waals surface area contributed by atoms with Crippen molar-refractivity contribution in [1.29, 1.82) is 0 Å². The quantitative estimate of drug-likeness (QED) is 0.0490. The van der Waals surface area contributed by atoms with E-state index < -0.39 is 47.7 Å². The van der Waals surface area contributed by atoms with E-state index in [-0.39, 0.29) is 82.6 Å². The third-order valence-electron chi connectivity index (χ3n) is 18.6. The van der Waals surface area contributed by atoms with Gasteiger partial charge in [0.2, 0.25) is 11.8 Å². The highest BCUT2D eigenvalue weighted by atomic mass is 19.3. The molecule has 9 atom stereocenters. The summed E-state index contributed by atoms with van der Waals surface area (Å²) in [7, 11) is 0. The SMILES string of the molecule is C.CC(C)N[C@@H](C)C1CC1.CC(C)N[C@@H](C)C1CCC1.CC(C)N[C@@H]1CCC(F)(F)C1.CC(C)N[C@@H]1CCC1(F)F.CC(C)N[C@H](C)C1CC1.CC(C)N[C@H](C)C1CCC1.CC(C)N[C@H]1CCC(F)(F)C1.CC(C)N[C@H]1CCC1(F)F.CC(C)N[C@H]1CCCCC1(F)F. The molecule has 9 saturated carbocycles. The van der Waals surface area contributed by atoms with E-state index in [0.717, 1.165) is 54.3 Å². The van der Waals surface area contributed by atoms with Crippen molar-refractivity contribution in [3.05, 3.63) is 0 Å². The second-order valence-electron chi connectivity index (χ2n) is 32.0. The lowest BCUT2D eigenvalue weighted by Gasteiger charge is -2.38. The summed E-state index contributed by atoms with van der Waals surface area (Å²) in [6, 6.07) is 5.06. The molecular formula is C74H149F10N9. The normalized spacial score (nSPS) is 26.6. The monoisotopic (exact) mass is 1350 g/mol. The zero-order valence-electron chi connectivity index (χ0n) is 62.5. The van der Waals surface area contributed by atoms with Crippen LogP contribution in [0.3, 0.4) is 0 Å². The zero-order chi connectivity index (χ0) is 70.5. The standard InChI is InChI=1S/C9H17F2N.2C9H19N.2C8H15F2N.2C8H17N.2C7H13F2N.CH4/c1-7(2)12-8-5-3-4-6-9(8,10)11;2*1-7(2)10-8(3)9-5-4-6-9;2*1-6(2)11-7-3-4-8(9,10)5-7;2*1-6(2)9-7(3)8-4-5-8;2*1-5(2)10-6-3-4-7(6,8)9;/h7-8,12H,3-6H2,1-2H3;2*7-10H,4-6H2,1-3H3;2*6-7,11H,3-5H2,1-2H3;2*6-9H,4-5H2,1-3H3;2*5-6,10H,3-4H2,1-2H3;1H4/t3*8-;4*7-;2*6-;/m010101010./s1. The van der Waals surface area contributed by atoms with Crippen molar-refractivity contribution in [2.24, 2.45) is 23.7 Å². The first-order chi connectivity index (χ1) is 42.3. The van der Waals surface area contributed by atoms with Crippen molar-refractivity contribution < 1.29 is 43.9 Å². The molecule has 0 aliphatic heterocycles. The molecule has 0 spiro atoms. The minimum Gasteiger partial charge on any atom is -0.312 e. The van der Waals surface area contributed by atoms with Gasteiger partial charge in [0, 0.05) is 136 Å². The topological polar surface area (TPSA) is 108 Å². The van der Waals surface area contributed by atoms with Crippen LogP contribution in [0, 0.1) is 23.7 Å². The average Bonchev–Trinajstić information content (AvgIpc) is 1.88. The number of hydrogen-bond acceptors (Lipinski definition) is 9. The first-order valence-corrected chi connectivity index (χ1v) is 37.1. The Bertz CT molecular complexity index is 1730. The minimum atomic E-state index is -2.48. The van der Waals surface area contributed by atoms with Gasteiger partial charge in [-0.1, -0.05) is 151 Å². The maximum atomic E-state index is 13.2. The molecule has 0 aromatic heterocycles. The van der Waals surface area contributed by atoms with Gasteiger partial charge in [-0.2, -0.15) is 0 Å². The Labute approximate surface area is 565 Å². The first-order valence-electron chi connectivity index (χ1n) is 37.1. The Hall–Kier alpha value is -1.06. The zero-order valence-corrected chi connectivity index (χ0v) is 62.5. The molecular weight excluding hydrogens is 1200 g/mol. The van der Waals surface area contributed by atoms with Gasteiger partial charge in [-0.3, -0.25) is 0 Å². The van der Waals surface area contributed by atoms with Gasteiger partial charge in [-0.25, -0.2) is 43.9 Å². The van der Waals surface area contributed by atoms with Crippen LogP contribution in [-0.2, 0) is 0 Å². The molecule has 0 unspecified atom stereocenters. The van der Waals surface area contributed by atoms with Crippen molar-refractivity contribution in [2.75, 3.05) is 0 Å². The lowest BCUT2D eigenvalue weighted by atomic mass is 9.80. The number of nitrogens with one attached hydrogen (secondary N) is 9. The minimum absolute atomic E-state index is 0. The van der Waals surface area contributed by atoms with E-state index in [9.17, 15) is 43.9 Å². The summed E-state index contributed by atoms with van der Waals surface area (Å²) in [5.74, 6) is -8.25. The van der Waals surface area contributed by atoms with Gasteiger partial charge in [0.1, 0.15) is 0 Å². The fraction of sp³-hybridized carbons (Fsp3) is 1.00. The summed E-state index contributed by atoms with van der Waals surface area (Å²) in [5, 5.41) is 28.9. The molecule has 9 fully saturated rings. The van der Waals surface area contributed by atoms with Crippen molar-refractivity contribution in [3.63, 3.8) is 0 Å². The summed E-state index contributed by atoms with van der Waals surface area (Å²) in [6.07, 6.45) is 19.5. The first kappa shape index (κ1) is 91.9. The lowest BCUT2D eigenvalue weighted by Crippen LogP contribution is -2.55. The Balaban J connectivity index is 0.00000102. The molecule has 0 bridgehead atoms. The molecule has 9 aliphatic rings. The number of hydrogen-bond donors (Lipinski definition) is 9. The maximum Gasteiger partial charge on any atom is 0.263 e. The van der Waals surface area contributed by atoms with Crippen molar-refractivity contribution in [2.45, 2.75) is 452 Å². The van der Waals surface area contributed by atoms with Crippen LogP contribution in [0.15, 0.2) is 0 Å². The number of halogens is 10. The van der Waals surface area contributed by atoms with Crippen LogP contribution in [0.4, 0.5) is 43.9 Å². The van der Waals surface area contributed by atoms with E-state index in [1.165, 1.54) is 64.2 Å². The lowest BCUT2D eigenvalue weighted by molar-refractivity contribution is -0.108. The van der Waals surface area contributed by atoms with Crippen LogP contribution in [0.25, 0.3) is 0 Å². The highest BCUT2D eigenvalue weighted by Crippen LogP contribution is 2.40. The van der Waals surface area contributed by atoms with Crippen LogP contribution in [0.2, 0.25) is 0 Å². The Kier molecular flexibility index (Phi) is 44.4. The summed E-state index contributed by atoms with van der Waals surface area (Å²) in [6.45, 7) is 46.2. The second-order valence-corrected chi connectivity index (χ2v) is 32.0. The smallest absolute Gasteiger partial charge is 0.263 e. The number of rotatable bonds is 22. The van der Waals surface area contributed by atoms with Gasteiger partial charge in [-0.15, -0.1) is 0 Å². The van der Waals surface area contributed by atoms with Crippen LogP contribution in [0.5, 0.6) is 0 Å². The highest BCUT2D eigenvalue weighted by Gasteiger charge is 2.49. The van der Waals surface area contributed by atoms with Gasteiger partial charge in [0.15, 0.2) is 0 Å². The maximum absolute atomic E-state index is 13.2. The third-order valence-corrected chi connectivity index (χ3v) is 18.6. The van der Waals surface area contributed by atoms with Gasteiger partial charge < -0.3 is 47.9 Å². The summed E-state index contributed by atoms with van der Waals surface area (Å²) in [5.41, 5.74) is 0. The molecule has 19 heteroatoms. The van der Waals surface area contributed by atoms with E-state index in [4.69, 9.17) is 0 Å². The molecule has 0 radical (unpaired) electrons. The van der Waals surface area contributed by atoms with Gasteiger partial charge in [0.05, 0.1) is 18.1 Å². The predicted octanol–water partition coefficient (Wildman–Crippen LogP) is 19.0. The fourth-order valence-corrected chi connectivity index (χ4v) is 12.8. The second kappa shape index (κ2) is 44.9. The van der Waals surface area contributed by atoms with Gasteiger partial charge in [-0.05, 0) is 141 Å². The van der Waals surface area contributed by atoms with Crippen LogP contribution < -0.4 is 47.9 Å². The Morgan fingerprint density at radius 2 is 0.495 bits per heavy atom. The molecule has 560 valence electrons. The Morgan fingerprint density at radius 1 is 0.247 bits per heavy atom. The largest absolute Gasteiger partial charge is 0.312 e. The molecule has 0 aromatic rings. The van der Waals surface area contributed by atoms with Crippen LogP contribution in [0.1, 0.15) is 314 Å². The van der Waals surface area contributed by atoms with E-state index in [0.29, 0.717) is 74.8 Å².